The molecule has 0 radical (unpaired) electrons. The van der Waals surface area contributed by atoms with Crippen LogP contribution in [0, 0.1) is 17.8 Å². The van der Waals surface area contributed by atoms with Crippen LogP contribution < -0.4 is 10.6 Å². The second kappa shape index (κ2) is 16.5. The van der Waals surface area contributed by atoms with Crippen molar-refractivity contribution in [1.82, 2.24) is 15.7 Å². The zero-order chi connectivity index (χ0) is 28.8. The summed E-state index contributed by atoms with van der Waals surface area (Å²) in [5.41, 5.74) is 0.821. The van der Waals surface area contributed by atoms with Gasteiger partial charge in [-0.3, -0.25) is 24.0 Å². The summed E-state index contributed by atoms with van der Waals surface area (Å²) in [5, 5.41) is 16.1. The quantitative estimate of drug-likeness (QED) is 0.164. The van der Waals surface area contributed by atoms with Crippen LogP contribution in [-0.4, -0.2) is 73.3 Å². The standard InChI is InChI=1S/C27H41N3O8/c1-17(2)20(16-25(33)38-6)27(35)28-21(15-19-10-8-7-9-11-19)22(31)14-18(3)26(34)29-23(30(4)36)12-13-24(32)37-5/h7-11,17-18,20-21,23,36H,12-16H2,1-6H3,(H,28,35)(H,29,34)/t18-,20+,21+,23?/m1/s1. The normalized spacial score (nSPS) is 14.2. The first kappa shape index (κ1) is 32.7. The fourth-order valence-electron chi connectivity index (χ4n) is 3.82. The van der Waals surface area contributed by atoms with Crippen molar-refractivity contribution in [2.24, 2.45) is 17.8 Å². The number of Topliss-reactive ketones (excluding diaryl/α,β-unsaturated/α-hetero) is 1. The molecule has 0 saturated heterocycles. The number of methoxy groups -OCH3 is 2. The minimum absolute atomic E-state index is 0.0204. The van der Waals surface area contributed by atoms with E-state index in [1.807, 2.05) is 44.2 Å². The van der Waals surface area contributed by atoms with Crippen LogP contribution in [0.5, 0.6) is 0 Å². The number of esters is 2. The molecule has 2 amide bonds. The Labute approximate surface area is 224 Å². The lowest BCUT2D eigenvalue weighted by Gasteiger charge is -2.26. The van der Waals surface area contributed by atoms with Gasteiger partial charge in [-0.25, -0.2) is 0 Å². The van der Waals surface area contributed by atoms with E-state index in [0.29, 0.717) is 0 Å². The number of rotatable bonds is 16. The number of benzene rings is 1. The van der Waals surface area contributed by atoms with Crippen LogP contribution in [0.15, 0.2) is 30.3 Å². The van der Waals surface area contributed by atoms with Gasteiger partial charge in [0.25, 0.3) is 0 Å². The summed E-state index contributed by atoms with van der Waals surface area (Å²) < 4.78 is 9.31. The lowest BCUT2D eigenvalue weighted by molar-refractivity contribution is -0.148. The van der Waals surface area contributed by atoms with E-state index in [4.69, 9.17) is 4.74 Å². The molecule has 38 heavy (non-hydrogen) atoms. The molecule has 1 unspecified atom stereocenters. The number of carbonyl (C=O) groups is 5. The molecule has 0 aliphatic carbocycles. The van der Waals surface area contributed by atoms with Gasteiger partial charge in [-0.15, -0.1) is 0 Å². The average Bonchev–Trinajstić information content (AvgIpc) is 2.88. The molecule has 3 N–H and O–H groups in total. The molecule has 4 atom stereocenters. The maximum atomic E-state index is 13.3. The highest BCUT2D eigenvalue weighted by molar-refractivity contribution is 5.93. The maximum absolute atomic E-state index is 13.3. The van der Waals surface area contributed by atoms with Gasteiger partial charge in [0.2, 0.25) is 11.8 Å². The monoisotopic (exact) mass is 535 g/mol. The van der Waals surface area contributed by atoms with Crippen LogP contribution in [0.1, 0.15) is 52.0 Å². The van der Waals surface area contributed by atoms with E-state index in [2.05, 4.69) is 15.4 Å². The molecule has 0 heterocycles. The zero-order valence-corrected chi connectivity index (χ0v) is 23.1. The van der Waals surface area contributed by atoms with Crippen molar-refractivity contribution in [3.8, 4) is 0 Å². The highest BCUT2D eigenvalue weighted by Gasteiger charge is 2.31. The molecule has 212 valence electrons. The third-order valence-corrected chi connectivity index (χ3v) is 6.31. The summed E-state index contributed by atoms with van der Waals surface area (Å²) in [7, 11) is 3.83. The second-order valence-electron chi connectivity index (χ2n) is 9.67. The summed E-state index contributed by atoms with van der Waals surface area (Å²) in [6.07, 6.45) is -0.852. The third-order valence-electron chi connectivity index (χ3n) is 6.31. The zero-order valence-electron chi connectivity index (χ0n) is 23.1. The average molecular weight is 536 g/mol. The molecule has 11 heteroatoms. The number of ether oxygens (including phenoxy) is 2. The van der Waals surface area contributed by atoms with Gasteiger partial charge in [-0.05, 0) is 24.3 Å². The number of carbonyl (C=O) groups excluding carboxylic acids is 5. The van der Waals surface area contributed by atoms with Crippen LogP contribution >= 0.6 is 0 Å². The number of hydrogen-bond donors (Lipinski definition) is 3. The van der Waals surface area contributed by atoms with Crippen molar-refractivity contribution in [2.75, 3.05) is 21.3 Å². The molecule has 0 fully saturated rings. The Balaban J connectivity index is 2.99. The predicted octanol–water partition coefficient (Wildman–Crippen LogP) is 1.86. The fraction of sp³-hybridized carbons (Fsp3) is 0.593. The topological polar surface area (TPSA) is 151 Å². The van der Waals surface area contributed by atoms with Gasteiger partial charge in [-0.1, -0.05) is 51.1 Å². The van der Waals surface area contributed by atoms with E-state index >= 15 is 0 Å². The molecule has 0 aromatic heterocycles. The smallest absolute Gasteiger partial charge is 0.306 e. The van der Waals surface area contributed by atoms with Crippen LogP contribution in [0.2, 0.25) is 0 Å². The molecule has 0 aliphatic rings. The molecular formula is C27H41N3O8. The molecule has 1 rings (SSSR count). The van der Waals surface area contributed by atoms with Crippen LogP contribution in [-0.2, 0) is 39.9 Å². The van der Waals surface area contributed by atoms with E-state index in [1.54, 1.807) is 6.92 Å². The van der Waals surface area contributed by atoms with E-state index in [-0.39, 0.29) is 43.8 Å². The fourth-order valence-corrected chi connectivity index (χ4v) is 3.82. The molecule has 0 saturated carbocycles. The first-order valence-electron chi connectivity index (χ1n) is 12.6. The van der Waals surface area contributed by atoms with Crippen molar-refractivity contribution >= 4 is 29.5 Å². The summed E-state index contributed by atoms with van der Waals surface area (Å²) in [4.78, 5) is 62.5. The summed E-state index contributed by atoms with van der Waals surface area (Å²) in [5.74, 6) is -3.95. The Kier molecular flexibility index (Phi) is 14.2. The Bertz CT molecular complexity index is 936. The number of ketones is 1. The van der Waals surface area contributed by atoms with Gasteiger partial charge < -0.3 is 25.3 Å². The van der Waals surface area contributed by atoms with Crippen LogP contribution in [0.25, 0.3) is 0 Å². The van der Waals surface area contributed by atoms with Crippen molar-refractivity contribution in [3.05, 3.63) is 35.9 Å². The lowest BCUT2D eigenvalue weighted by Crippen LogP contribution is -2.49. The van der Waals surface area contributed by atoms with E-state index in [1.165, 1.54) is 21.3 Å². The van der Waals surface area contributed by atoms with E-state index < -0.39 is 47.8 Å². The van der Waals surface area contributed by atoms with Crippen LogP contribution in [0.4, 0.5) is 0 Å². The Morgan fingerprint density at radius 2 is 1.50 bits per heavy atom. The first-order valence-corrected chi connectivity index (χ1v) is 12.6. The number of nitrogens with zero attached hydrogens (tertiary/aromatic N) is 1. The van der Waals surface area contributed by atoms with Gasteiger partial charge in [-0.2, -0.15) is 5.06 Å². The molecule has 0 aliphatic heterocycles. The third kappa shape index (κ3) is 11.4. The highest BCUT2D eigenvalue weighted by Crippen LogP contribution is 2.18. The number of hydroxylamine groups is 2. The highest BCUT2D eigenvalue weighted by atomic mass is 16.5. The Morgan fingerprint density at radius 3 is 2.03 bits per heavy atom. The largest absolute Gasteiger partial charge is 0.469 e. The van der Waals surface area contributed by atoms with Crippen molar-refractivity contribution in [2.45, 2.75) is 65.1 Å². The van der Waals surface area contributed by atoms with Crippen molar-refractivity contribution in [1.29, 1.82) is 0 Å². The molecule has 1 aromatic rings. The maximum Gasteiger partial charge on any atom is 0.306 e. The van der Waals surface area contributed by atoms with Crippen LogP contribution in [0.3, 0.4) is 0 Å². The SMILES string of the molecule is COC(=O)CCC(NC(=O)[C@H](C)CC(=O)[C@H](Cc1ccccc1)NC(=O)[C@@H](CC(=O)OC)C(C)C)N(C)O. The Morgan fingerprint density at radius 1 is 0.895 bits per heavy atom. The van der Waals surface area contributed by atoms with E-state index in [0.717, 1.165) is 10.6 Å². The van der Waals surface area contributed by atoms with E-state index in [9.17, 15) is 29.2 Å². The minimum atomic E-state index is -0.922. The molecule has 0 spiro atoms. The molecular weight excluding hydrogens is 494 g/mol. The first-order chi connectivity index (χ1) is 17.9. The number of hydrogen-bond acceptors (Lipinski definition) is 9. The summed E-state index contributed by atoms with van der Waals surface area (Å²) in [6, 6.07) is 8.23. The van der Waals surface area contributed by atoms with Gasteiger partial charge in [0.15, 0.2) is 5.78 Å². The molecule has 0 bridgehead atoms. The van der Waals surface area contributed by atoms with Crippen molar-refractivity contribution < 1.29 is 38.7 Å². The number of nitrogens with one attached hydrogen (secondary N) is 2. The van der Waals surface area contributed by atoms with Gasteiger partial charge in [0.1, 0.15) is 6.17 Å². The molecule has 1 aromatic carbocycles. The second-order valence-corrected chi connectivity index (χ2v) is 9.67. The van der Waals surface area contributed by atoms with Gasteiger partial charge in [0, 0.05) is 25.8 Å². The number of amides is 2. The van der Waals surface area contributed by atoms with Crippen molar-refractivity contribution in [3.63, 3.8) is 0 Å². The predicted molar refractivity (Wildman–Crippen MR) is 139 cm³/mol. The lowest BCUT2D eigenvalue weighted by atomic mass is 9.90. The summed E-state index contributed by atoms with van der Waals surface area (Å²) >= 11 is 0. The van der Waals surface area contributed by atoms with Gasteiger partial charge >= 0.3 is 11.9 Å². The Hall–Kier alpha value is -3.31. The summed E-state index contributed by atoms with van der Waals surface area (Å²) in [6.45, 7) is 5.18. The molecule has 11 nitrogen and oxygen atoms in total. The minimum Gasteiger partial charge on any atom is -0.469 e. The van der Waals surface area contributed by atoms with Gasteiger partial charge in [0.05, 0.1) is 32.6 Å².